The first-order valence-electron chi connectivity index (χ1n) is 6.77. The number of ether oxygens (including phenoxy) is 4. The summed E-state index contributed by atoms with van der Waals surface area (Å²) in [5.74, 6) is 0.372. The van der Waals surface area contributed by atoms with E-state index < -0.39 is 5.97 Å². The van der Waals surface area contributed by atoms with E-state index in [0.717, 1.165) is 0 Å². The van der Waals surface area contributed by atoms with Crippen molar-refractivity contribution >= 4 is 17.6 Å². The number of carbonyl (C=O) groups is 2. The van der Waals surface area contributed by atoms with Crippen LogP contribution in [0.5, 0.6) is 11.5 Å². The molecule has 0 saturated heterocycles. The molecule has 0 aliphatic carbocycles. The highest BCUT2D eigenvalue weighted by Gasteiger charge is 2.10. The molecule has 0 spiro atoms. The summed E-state index contributed by atoms with van der Waals surface area (Å²) in [6.45, 7) is 0.524. The number of amides is 1. The number of nitrogens with one attached hydrogen (secondary N) is 1. The summed E-state index contributed by atoms with van der Waals surface area (Å²) in [5, 5.41) is 2.68. The van der Waals surface area contributed by atoms with Crippen molar-refractivity contribution in [2.45, 2.75) is 12.8 Å². The van der Waals surface area contributed by atoms with E-state index >= 15 is 0 Å². The molecule has 0 heterocycles. The highest BCUT2D eigenvalue weighted by molar-refractivity contribution is 5.92. The summed E-state index contributed by atoms with van der Waals surface area (Å²) in [5.41, 5.74) is 0.565. The number of rotatable bonds is 9. The van der Waals surface area contributed by atoms with Crippen molar-refractivity contribution < 1.29 is 28.5 Å². The molecule has 22 heavy (non-hydrogen) atoms. The van der Waals surface area contributed by atoms with Crippen molar-refractivity contribution in [2.24, 2.45) is 0 Å². The number of esters is 1. The Kier molecular flexibility index (Phi) is 7.77. The van der Waals surface area contributed by atoms with Crippen LogP contribution in [0.4, 0.5) is 5.69 Å². The quantitative estimate of drug-likeness (QED) is 0.551. The van der Waals surface area contributed by atoms with Crippen LogP contribution in [0.2, 0.25) is 0 Å². The van der Waals surface area contributed by atoms with Gasteiger partial charge in [0.05, 0.1) is 27.2 Å². The van der Waals surface area contributed by atoms with Gasteiger partial charge in [-0.1, -0.05) is 0 Å². The molecular weight excluding hydrogens is 290 g/mol. The van der Waals surface area contributed by atoms with Crippen LogP contribution in [0.1, 0.15) is 12.8 Å². The zero-order chi connectivity index (χ0) is 16.4. The molecule has 0 saturated carbocycles. The second-order valence-corrected chi connectivity index (χ2v) is 4.33. The maximum atomic E-state index is 11.8. The number of benzene rings is 1. The van der Waals surface area contributed by atoms with Crippen molar-refractivity contribution in [1.29, 1.82) is 0 Å². The molecular formula is C15H21NO6. The number of carbonyl (C=O) groups excluding carboxylic acids is 2. The van der Waals surface area contributed by atoms with Gasteiger partial charge in [-0.25, -0.2) is 0 Å². The van der Waals surface area contributed by atoms with E-state index in [1.165, 1.54) is 21.3 Å². The van der Waals surface area contributed by atoms with Gasteiger partial charge in [0.15, 0.2) is 11.5 Å². The molecule has 1 rings (SSSR count). The molecule has 1 N–H and O–H groups in total. The summed E-state index contributed by atoms with van der Waals surface area (Å²) in [6.07, 6.45) is 0.0585. The lowest BCUT2D eigenvalue weighted by Gasteiger charge is -2.10. The molecule has 0 radical (unpaired) electrons. The van der Waals surface area contributed by atoms with Gasteiger partial charge in [0.2, 0.25) is 5.91 Å². The molecule has 122 valence electrons. The van der Waals surface area contributed by atoms with Crippen LogP contribution in [0.3, 0.4) is 0 Å². The lowest BCUT2D eigenvalue weighted by atomic mass is 10.2. The summed E-state index contributed by atoms with van der Waals surface area (Å²) in [4.78, 5) is 23.1. The Bertz CT molecular complexity index is 503. The topological polar surface area (TPSA) is 83.1 Å². The van der Waals surface area contributed by atoms with E-state index in [0.29, 0.717) is 23.8 Å². The molecule has 1 aromatic rings. The van der Waals surface area contributed by atoms with Gasteiger partial charge in [-0.15, -0.1) is 0 Å². The van der Waals surface area contributed by atoms with E-state index in [1.807, 2.05) is 0 Å². The molecule has 0 aromatic heterocycles. The first kappa shape index (κ1) is 17.8. The first-order chi connectivity index (χ1) is 10.6. The molecule has 1 amide bonds. The molecule has 0 bridgehead atoms. The van der Waals surface area contributed by atoms with E-state index in [1.54, 1.807) is 18.2 Å². The summed E-state index contributed by atoms with van der Waals surface area (Å²) >= 11 is 0. The second kappa shape index (κ2) is 9.62. The third kappa shape index (κ3) is 6.01. The largest absolute Gasteiger partial charge is 0.493 e. The van der Waals surface area contributed by atoms with Gasteiger partial charge in [0.25, 0.3) is 0 Å². The van der Waals surface area contributed by atoms with Gasteiger partial charge < -0.3 is 24.3 Å². The molecule has 0 fully saturated rings. The molecule has 0 atom stereocenters. The van der Waals surface area contributed by atoms with Crippen molar-refractivity contribution in [2.75, 3.05) is 39.9 Å². The minimum absolute atomic E-state index is 0.0167. The van der Waals surface area contributed by atoms with Crippen molar-refractivity contribution in [3.05, 3.63) is 18.2 Å². The minimum atomic E-state index is -0.431. The summed E-state index contributed by atoms with van der Waals surface area (Å²) in [6, 6.07) is 5.03. The zero-order valence-electron chi connectivity index (χ0n) is 13.0. The van der Waals surface area contributed by atoms with Crippen LogP contribution in [-0.4, -0.2) is 46.4 Å². The highest BCUT2D eigenvalue weighted by Crippen LogP contribution is 2.29. The van der Waals surface area contributed by atoms with Gasteiger partial charge in [-0.2, -0.15) is 0 Å². The van der Waals surface area contributed by atoms with Crippen molar-refractivity contribution in [3.63, 3.8) is 0 Å². The number of hydrogen-bond donors (Lipinski definition) is 1. The molecule has 1 aromatic carbocycles. The average Bonchev–Trinajstić information content (AvgIpc) is 2.53. The smallest absolute Gasteiger partial charge is 0.306 e. The van der Waals surface area contributed by atoms with E-state index in [2.05, 4.69) is 5.32 Å². The summed E-state index contributed by atoms with van der Waals surface area (Å²) in [7, 11) is 4.56. The Hall–Kier alpha value is -2.28. The average molecular weight is 311 g/mol. The van der Waals surface area contributed by atoms with Crippen LogP contribution in [0, 0.1) is 0 Å². The Balaban J connectivity index is 2.43. The summed E-state index contributed by atoms with van der Waals surface area (Å²) < 4.78 is 19.9. The van der Waals surface area contributed by atoms with Crippen molar-refractivity contribution in [1.82, 2.24) is 0 Å². The van der Waals surface area contributed by atoms with Crippen molar-refractivity contribution in [3.8, 4) is 11.5 Å². The van der Waals surface area contributed by atoms with Crippen LogP contribution >= 0.6 is 0 Å². The molecule has 0 aliphatic heterocycles. The maximum absolute atomic E-state index is 11.8. The fourth-order valence-corrected chi connectivity index (χ4v) is 1.66. The van der Waals surface area contributed by atoms with Gasteiger partial charge in [0.1, 0.15) is 6.61 Å². The molecule has 0 unspecified atom stereocenters. The normalized spacial score (nSPS) is 9.95. The Morgan fingerprint density at radius 3 is 2.36 bits per heavy atom. The standard InChI is InChI=1S/C15H21NO6/c1-19-8-9-22-15(18)7-6-14(17)16-11-4-5-12(20-2)13(10-11)21-3/h4-5,10H,6-9H2,1-3H3,(H,16,17). The monoisotopic (exact) mass is 311 g/mol. The molecule has 7 nitrogen and oxygen atoms in total. The molecule has 0 aliphatic rings. The van der Waals surface area contributed by atoms with Crippen LogP contribution < -0.4 is 14.8 Å². The lowest BCUT2D eigenvalue weighted by molar-refractivity contribution is -0.145. The predicted molar refractivity (Wildman–Crippen MR) is 80.2 cm³/mol. The van der Waals surface area contributed by atoms with Crippen LogP contribution in [0.15, 0.2) is 18.2 Å². The SMILES string of the molecule is COCCOC(=O)CCC(=O)Nc1ccc(OC)c(OC)c1. The van der Waals surface area contributed by atoms with E-state index in [-0.39, 0.29) is 25.4 Å². The number of hydrogen-bond acceptors (Lipinski definition) is 6. The van der Waals surface area contributed by atoms with Gasteiger partial charge in [-0.3, -0.25) is 9.59 Å². The molecule has 7 heteroatoms. The Labute approximate surface area is 129 Å². The zero-order valence-corrected chi connectivity index (χ0v) is 13.0. The third-order valence-corrected chi connectivity index (χ3v) is 2.77. The Morgan fingerprint density at radius 2 is 1.73 bits per heavy atom. The fraction of sp³-hybridized carbons (Fsp3) is 0.467. The minimum Gasteiger partial charge on any atom is -0.493 e. The van der Waals surface area contributed by atoms with E-state index in [9.17, 15) is 9.59 Å². The lowest BCUT2D eigenvalue weighted by Crippen LogP contribution is -2.15. The predicted octanol–water partition coefficient (Wildman–Crippen LogP) is 1.61. The fourth-order valence-electron chi connectivity index (χ4n) is 1.66. The highest BCUT2D eigenvalue weighted by atomic mass is 16.6. The first-order valence-corrected chi connectivity index (χ1v) is 6.77. The Morgan fingerprint density at radius 1 is 1.00 bits per heavy atom. The van der Waals surface area contributed by atoms with Crippen LogP contribution in [0.25, 0.3) is 0 Å². The third-order valence-electron chi connectivity index (χ3n) is 2.77. The van der Waals surface area contributed by atoms with Gasteiger partial charge in [-0.05, 0) is 12.1 Å². The van der Waals surface area contributed by atoms with Gasteiger partial charge in [0, 0.05) is 25.3 Å². The second-order valence-electron chi connectivity index (χ2n) is 4.33. The number of methoxy groups -OCH3 is 3. The van der Waals surface area contributed by atoms with E-state index in [4.69, 9.17) is 18.9 Å². The van der Waals surface area contributed by atoms with Crippen LogP contribution in [-0.2, 0) is 19.1 Å². The maximum Gasteiger partial charge on any atom is 0.306 e. The van der Waals surface area contributed by atoms with Gasteiger partial charge >= 0.3 is 5.97 Å². The number of anilines is 1.